The quantitative estimate of drug-likeness (QED) is 0.502. The van der Waals surface area contributed by atoms with Crippen molar-refractivity contribution in [1.82, 2.24) is 5.32 Å². The fourth-order valence-corrected chi connectivity index (χ4v) is 3.05. The van der Waals surface area contributed by atoms with Gasteiger partial charge in [0.1, 0.15) is 0 Å². The van der Waals surface area contributed by atoms with Crippen LogP contribution in [0.25, 0.3) is 6.08 Å². The van der Waals surface area contributed by atoms with E-state index < -0.39 is 36.0 Å². The van der Waals surface area contributed by atoms with Crippen molar-refractivity contribution in [3.63, 3.8) is 0 Å². The van der Waals surface area contributed by atoms with E-state index in [1.54, 1.807) is 0 Å². The van der Waals surface area contributed by atoms with Crippen LogP contribution in [-0.2, 0) is 21.3 Å². The molecule has 0 radical (unpaired) electrons. The maximum absolute atomic E-state index is 14.0. The van der Waals surface area contributed by atoms with Crippen LogP contribution in [0.3, 0.4) is 0 Å². The van der Waals surface area contributed by atoms with Crippen LogP contribution in [0.2, 0.25) is 0 Å². The Balaban J connectivity index is 1.75. The van der Waals surface area contributed by atoms with E-state index in [0.29, 0.717) is 0 Å². The van der Waals surface area contributed by atoms with Crippen molar-refractivity contribution >= 4 is 12.0 Å². The highest BCUT2D eigenvalue weighted by Gasteiger charge is 2.57. The molecule has 1 unspecified atom stereocenters. The van der Waals surface area contributed by atoms with E-state index in [1.165, 1.54) is 12.1 Å². The number of hydrogen-bond acceptors (Lipinski definition) is 4. The van der Waals surface area contributed by atoms with Crippen LogP contribution in [0.4, 0.5) is 26.3 Å². The van der Waals surface area contributed by atoms with E-state index in [0.717, 1.165) is 49.6 Å². The topological polar surface area (TPSA) is 56.8 Å². The van der Waals surface area contributed by atoms with Crippen molar-refractivity contribution in [2.24, 2.45) is 0 Å². The monoisotopic (exact) mass is 461 g/mol. The molecule has 1 heterocycles. The van der Waals surface area contributed by atoms with Gasteiger partial charge in [-0.05, 0) is 41.5 Å². The van der Waals surface area contributed by atoms with Crippen molar-refractivity contribution in [3.05, 3.63) is 65.2 Å². The highest BCUT2D eigenvalue weighted by Crippen LogP contribution is 2.44. The van der Waals surface area contributed by atoms with Crippen LogP contribution < -0.4 is 14.8 Å². The van der Waals surface area contributed by atoms with Gasteiger partial charge in [-0.1, -0.05) is 18.2 Å². The van der Waals surface area contributed by atoms with E-state index in [1.807, 2.05) is 0 Å². The molecule has 2 aromatic carbocycles. The van der Waals surface area contributed by atoms with Gasteiger partial charge in [-0.15, -0.1) is 0 Å². The predicted molar refractivity (Wildman–Crippen MR) is 101 cm³/mol. The number of fused-ring (bicyclic) bond motifs is 1. The molecular weight excluding hydrogens is 444 g/mol. The third-order valence-corrected chi connectivity index (χ3v) is 4.82. The van der Waals surface area contributed by atoms with Gasteiger partial charge in [0.2, 0.25) is 18.3 Å². The Hall–Kier alpha value is -3.21. The molecule has 11 heteroatoms. The molecule has 0 saturated carbocycles. The van der Waals surface area contributed by atoms with Crippen molar-refractivity contribution in [1.29, 1.82) is 0 Å². The number of carbonyl (C=O) groups is 1. The van der Waals surface area contributed by atoms with Gasteiger partial charge in [0.25, 0.3) is 0 Å². The molecule has 0 aliphatic carbocycles. The van der Waals surface area contributed by atoms with Crippen LogP contribution in [0, 0.1) is 0 Å². The molecule has 3 rings (SSSR count). The predicted octanol–water partition coefficient (Wildman–Crippen LogP) is 4.67. The Bertz CT molecular complexity index is 1000. The van der Waals surface area contributed by atoms with E-state index in [2.05, 4.69) is 5.32 Å². The lowest BCUT2D eigenvalue weighted by atomic mass is 9.92. The second-order valence-electron chi connectivity index (χ2n) is 6.77. The Morgan fingerprint density at radius 1 is 1.00 bits per heavy atom. The molecule has 172 valence electrons. The first kappa shape index (κ1) is 23.5. The molecular formula is C21H17F6NO4. The number of carbonyl (C=O) groups excluding carboxylic acids is 1. The third-order valence-electron chi connectivity index (χ3n) is 4.82. The highest BCUT2D eigenvalue weighted by atomic mass is 19.4. The van der Waals surface area contributed by atoms with Crippen molar-refractivity contribution in [2.45, 2.75) is 18.0 Å². The Morgan fingerprint density at radius 3 is 2.22 bits per heavy atom. The summed E-state index contributed by atoms with van der Waals surface area (Å²) in [5.41, 5.74) is -3.77. The second kappa shape index (κ2) is 8.73. The van der Waals surface area contributed by atoms with Gasteiger partial charge in [0, 0.05) is 13.2 Å². The van der Waals surface area contributed by atoms with Crippen LogP contribution in [0.1, 0.15) is 16.7 Å². The molecule has 5 nitrogen and oxygen atoms in total. The molecule has 0 saturated heterocycles. The summed E-state index contributed by atoms with van der Waals surface area (Å²) in [6.07, 6.45) is -7.31. The van der Waals surface area contributed by atoms with Gasteiger partial charge in [-0.3, -0.25) is 4.79 Å². The summed E-state index contributed by atoms with van der Waals surface area (Å²) >= 11 is 0. The zero-order chi connectivity index (χ0) is 23.6. The van der Waals surface area contributed by atoms with Crippen LogP contribution in [-0.4, -0.2) is 32.5 Å². The lowest BCUT2D eigenvalue weighted by Crippen LogP contribution is -2.52. The number of benzene rings is 2. The molecule has 2 aromatic rings. The normalized spacial score (nSPS) is 15.6. The molecule has 0 fully saturated rings. The van der Waals surface area contributed by atoms with E-state index in [-0.39, 0.29) is 29.4 Å². The fourth-order valence-electron chi connectivity index (χ4n) is 3.05. The first-order chi connectivity index (χ1) is 15.0. The zero-order valence-electron chi connectivity index (χ0n) is 16.5. The van der Waals surface area contributed by atoms with Crippen molar-refractivity contribution in [3.8, 4) is 11.5 Å². The van der Waals surface area contributed by atoms with Gasteiger partial charge in [-0.2, -0.15) is 26.3 Å². The average molecular weight is 461 g/mol. The zero-order valence-corrected chi connectivity index (χ0v) is 16.5. The maximum atomic E-state index is 14.0. The highest BCUT2D eigenvalue weighted by molar-refractivity contribution is 5.91. The van der Waals surface area contributed by atoms with Gasteiger partial charge in [-0.25, -0.2) is 0 Å². The Labute approximate surface area is 178 Å². The standard InChI is InChI=1S/C21H17F6NO4/c1-30-19(21(25,26)27,15-7-8-16-17(10-15)32-12-31-16)11-28-18(29)9-4-13-2-5-14(6-3-13)20(22,23)24/h2-10H,11-12H2,1H3,(H,28,29)/b9-4+. The number of methoxy groups -OCH3 is 1. The van der Waals surface area contributed by atoms with Gasteiger partial charge in [0.15, 0.2) is 11.5 Å². The number of hydrogen-bond donors (Lipinski definition) is 1. The second-order valence-corrected chi connectivity index (χ2v) is 6.77. The maximum Gasteiger partial charge on any atom is 0.423 e. The molecule has 32 heavy (non-hydrogen) atoms. The lowest BCUT2D eigenvalue weighted by molar-refractivity contribution is -0.274. The SMILES string of the molecule is COC(CNC(=O)/C=C/c1ccc(C(F)(F)F)cc1)(c1ccc2c(c1)OCO2)C(F)(F)F. The molecule has 1 aliphatic heterocycles. The number of rotatable bonds is 6. The number of halogens is 6. The van der Waals surface area contributed by atoms with Crippen LogP contribution in [0.5, 0.6) is 11.5 Å². The minimum Gasteiger partial charge on any atom is -0.454 e. The largest absolute Gasteiger partial charge is 0.454 e. The summed E-state index contributed by atoms with van der Waals surface area (Å²) in [5.74, 6) is -0.498. The molecule has 1 amide bonds. The number of amides is 1. The minimum absolute atomic E-state index is 0.113. The summed E-state index contributed by atoms with van der Waals surface area (Å²) in [4.78, 5) is 12.1. The fraction of sp³-hybridized carbons (Fsp3) is 0.286. The average Bonchev–Trinajstić information content (AvgIpc) is 3.20. The number of nitrogens with one attached hydrogen (secondary N) is 1. The van der Waals surface area contributed by atoms with Gasteiger partial charge >= 0.3 is 12.4 Å². The van der Waals surface area contributed by atoms with E-state index in [9.17, 15) is 31.1 Å². The minimum atomic E-state index is -4.90. The third kappa shape index (κ3) is 4.82. The molecule has 0 bridgehead atoms. The van der Waals surface area contributed by atoms with Crippen LogP contribution >= 0.6 is 0 Å². The molecule has 1 N–H and O–H groups in total. The van der Waals surface area contributed by atoms with Crippen molar-refractivity contribution < 1.29 is 45.3 Å². The number of ether oxygens (including phenoxy) is 3. The van der Waals surface area contributed by atoms with Crippen molar-refractivity contribution in [2.75, 3.05) is 20.4 Å². The molecule has 0 spiro atoms. The first-order valence-corrected chi connectivity index (χ1v) is 9.11. The Morgan fingerprint density at radius 2 is 1.62 bits per heavy atom. The smallest absolute Gasteiger partial charge is 0.423 e. The summed E-state index contributed by atoms with van der Waals surface area (Å²) < 4.78 is 94.8. The Kier molecular flexibility index (Phi) is 6.40. The van der Waals surface area contributed by atoms with E-state index in [4.69, 9.17) is 14.2 Å². The lowest BCUT2D eigenvalue weighted by Gasteiger charge is -2.35. The molecule has 1 atom stereocenters. The summed E-state index contributed by atoms with van der Waals surface area (Å²) in [5, 5.41) is 2.13. The molecule has 0 aromatic heterocycles. The summed E-state index contributed by atoms with van der Waals surface area (Å²) in [7, 11) is 0.863. The first-order valence-electron chi connectivity index (χ1n) is 9.11. The van der Waals surface area contributed by atoms with Crippen LogP contribution in [0.15, 0.2) is 48.5 Å². The van der Waals surface area contributed by atoms with Gasteiger partial charge < -0.3 is 19.5 Å². The summed E-state index contributed by atoms with van der Waals surface area (Å²) in [6.45, 7) is -1.08. The summed E-state index contributed by atoms with van der Waals surface area (Å²) in [6, 6.07) is 7.53. The number of alkyl halides is 6. The van der Waals surface area contributed by atoms with Gasteiger partial charge in [0.05, 0.1) is 12.1 Å². The molecule has 1 aliphatic rings. The van der Waals surface area contributed by atoms with E-state index >= 15 is 0 Å².